The first kappa shape index (κ1) is 13.0. The van der Waals surface area contributed by atoms with Gasteiger partial charge in [0.15, 0.2) is 0 Å². The highest BCUT2D eigenvalue weighted by atomic mass is 79.9. The van der Waals surface area contributed by atoms with Crippen molar-refractivity contribution in [3.8, 4) is 0 Å². The molecule has 1 saturated heterocycles. The van der Waals surface area contributed by atoms with E-state index in [0.717, 1.165) is 36.0 Å². The molecule has 1 aromatic heterocycles. The van der Waals surface area contributed by atoms with Crippen molar-refractivity contribution >= 4 is 15.9 Å². The lowest BCUT2D eigenvalue weighted by molar-refractivity contribution is 0.0945. The van der Waals surface area contributed by atoms with Crippen LogP contribution in [-0.4, -0.2) is 23.7 Å². The van der Waals surface area contributed by atoms with Crippen LogP contribution in [0, 0.1) is 0 Å². The van der Waals surface area contributed by atoms with Crippen LogP contribution in [0.4, 0.5) is 0 Å². The molecule has 0 spiro atoms. The Bertz CT molecular complexity index is 338. The Hall–Kier alpha value is -0.490. The molecule has 0 aliphatic carbocycles. The molecule has 1 aliphatic rings. The molecule has 1 fully saturated rings. The summed E-state index contributed by atoms with van der Waals surface area (Å²) in [5.41, 5.74) is 3.91. The number of hydrogen-bond acceptors (Lipinski definition) is 4. The van der Waals surface area contributed by atoms with Crippen LogP contribution in [0.3, 0.4) is 0 Å². The molecule has 5 heteroatoms. The van der Waals surface area contributed by atoms with Crippen LogP contribution in [0.1, 0.15) is 25.0 Å². The van der Waals surface area contributed by atoms with Gasteiger partial charge in [-0.3, -0.25) is 16.3 Å². The van der Waals surface area contributed by atoms with Crippen LogP contribution in [0.15, 0.2) is 22.8 Å². The largest absolute Gasteiger partial charge is 0.378 e. The highest BCUT2D eigenvalue weighted by Gasteiger charge is 2.20. The van der Waals surface area contributed by atoms with Gasteiger partial charge < -0.3 is 4.74 Å². The summed E-state index contributed by atoms with van der Waals surface area (Å²) >= 11 is 3.38. The minimum atomic E-state index is 0.228. The quantitative estimate of drug-likeness (QED) is 0.643. The Morgan fingerprint density at radius 2 is 2.47 bits per heavy atom. The minimum Gasteiger partial charge on any atom is -0.378 e. The molecular formula is C12H18BrN3O. The number of nitrogens with two attached hydrogens (primary N) is 1. The molecule has 2 unspecified atom stereocenters. The maximum Gasteiger partial charge on any atom is 0.0591 e. The Morgan fingerprint density at radius 1 is 1.59 bits per heavy atom. The molecule has 1 aliphatic heterocycles. The van der Waals surface area contributed by atoms with Crippen molar-refractivity contribution in [3.05, 3.63) is 28.5 Å². The third-order valence-electron chi connectivity index (χ3n) is 3.05. The summed E-state index contributed by atoms with van der Waals surface area (Å²) < 4.78 is 6.62. The van der Waals surface area contributed by atoms with Gasteiger partial charge in [-0.1, -0.05) is 0 Å². The zero-order valence-electron chi connectivity index (χ0n) is 9.73. The molecule has 0 bridgehead atoms. The molecule has 0 amide bonds. The smallest absolute Gasteiger partial charge is 0.0591 e. The van der Waals surface area contributed by atoms with Crippen molar-refractivity contribution in [2.45, 2.75) is 37.8 Å². The summed E-state index contributed by atoms with van der Waals surface area (Å²) in [5, 5.41) is 0. The van der Waals surface area contributed by atoms with E-state index in [0.29, 0.717) is 6.10 Å². The van der Waals surface area contributed by atoms with E-state index in [1.807, 2.05) is 18.3 Å². The maximum atomic E-state index is 5.62. The predicted molar refractivity (Wildman–Crippen MR) is 70.3 cm³/mol. The van der Waals surface area contributed by atoms with E-state index in [1.165, 1.54) is 6.42 Å². The number of hydrogen-bond donors (Lipinski definition) is 2. The maximum absolute atomic E-state index is 5.62. The first-order chi connectivity index (χ1) is 8.28. The van der Waals surface area contributed by atoms with Crippen molar-refractivity contribution < 1.29 is 4.74 Å². The Labute approximate surface area is 110 Å². The summed E-state index contributed by atoms with van der Waals surface area (Å²) in [7, 11) is 0. The number of pyridine rings is 1. The average Bonchev–Trinajstić information content (AvgIpc) is 2.84. The molecule has 3 N–H and O–H groups in total. The Kier molecular flexibility index (Phi) is 4.91. The summed E-state index contributed by atoms with van der Waals surface area (Å²) in [6.45, 7) is 0.887. The minimum absolute atomic E-state index is 0.228. The second-order valence-electron chi connectivity index (χ2n) is 4.41. The monoisotopic (exact) mass is 299 g/mol. The number of ether oxygens (including phenoxy) is 1. The number of halogens is 1. The molecule has 4 nitrogen and oxygen atoms in total. The van der Waals surface area contributed by atoms with Gasteiger partial charge in [0.2, 0.25) is 0 Å². The molecule has 2 atom stereocenters. The van der Waals surface area contributed by atoms with Crippen LogP contribution in [0.25, 0.3) is 0 Å². The molecule has 0 aromatic carbocycles. The van der Waals surface area contributed by atoms with Crippen molar-refractivity contribution in [3.63, 3.8) is 0 Å². The third-order valence-corrected chi connectivity index (χ3v) is 3.52. The van der Waals surface area contributed by atoms with Crippen LogP contribution in [0.5, 0.6) is 0 Å². The first-order valence-electron chi connectivity index (χ1n) is 5.96. The topological polar surface area (TPSA) is 60.2 Å². The molecule has 0 saturated carbocycles. The van der Waals surface area contributed by atoms with E-state index in [-0.39, 0.29) is 6.04 Å². The predicted octanol–water partition coefficient (Wildman–Crippen LogP) is 1.79. The van der Waals surface area contributed by atoms with Crippen LogP contribution >= 0.6 is 15.9 Å². The van der Waals surface area contributed by atoms with Crippen LogP contribution in [-0.2, 0) is 11.2 Å². The number of aromatic nitrogens is 1. The zero-order chi connectivity index (χ0) is 12.1. The van der Waals surface area contributed by atoms with E-state index in [4.69, 9.17) is 10.6 Å². The first-order valence-corrected chi connectivity index (χ1v) is 6.75. The highest BCUT2D eigenvalue weighted by molar-refractivity contribution is 9.10. The molecule has 1 aromatic rings. The number of nitrogens with zero attached hydrogens (tertiary/aromatic N) is 1. The number of nitrogens with one attached hydrogen (secondary N) is 1. The summed E-state index contributed by atoms with van der Waals surface area (Å²) in [6.07, 6.45) is 6.27. The molecular weight excluding hydrogens is 282 g/mol. The lowest BCUT2D eigenvalue weighted by Gasteiger charge is -2.19. The second-order valence-corrected chi connectivity index (χ2v) is 5.32. The van der Waals surface area contributed by atoms with Gasteiger partial charge in [-0.2, -0.15) is 0 Å². The standard InChI is InChI=1S/C12H18BrN3O/c13-9-3-4-10(15-8-9)6-11(16-14)7-12-2-1-5-17-12/h3-4,8,11-12,16H,1-2,5-7,14H2. The van der Waals surface area contributed by atoms with E-state index >= 15 is 0 Å². The second kappa shape index (κ2) is 6.44. The normalized spacial score (nSPS) is 21.6. The van der Waals surface area contributed by atoms with E-state index in [2.05, 4.69) is 26.3 Å². The summed E-state index contributed by atoms with van der Waals surface area (Å²) in [6, 6.07) is 4.25. The van der Waals surface area contributed by atoms with Crippen molar-refractivity contribution in [2.24, 2.45) is 5.84 Å². The van der Waals surface area contributed by atoms with Gasteiger partial charge in [0, 0.05) is 35.4 Å². The van der Waals surface area contributed by atoms with Crippen molar-refractivity contribution in [2.75, 3.05) is 6.61 Å². The van der Waals surface area contributed by atoms with Gasteiger partial charge in [-0.15, -0.1) is 0 Å². The molecule has 0 radical (unpaired) electrons. The Balaban J connectivity index is 1.87. The third kappa shape index (κ3) is 4.03. The number of hydrazine groups is 1. The van der Waals surface area contributed by atoms with E-state index in [9.17, 15) is 0 Å². The average molecular weight is 300 g/mol. The number of rotatable bonds is 5. The SMILES string of the molecule is NNC(Cc1ccc(Br)cn1)CC1CCCO1. The zero-order valence-corrected chi connectivity index (χ0v) is 11.3. The molecule has 17 heavy (non-hydrogen) atoms. The van der Waals surface area contributed by atoms with Crippen LogP contribution in [0.2, 0.25) is 0 Å². The summed E-state index contributed by atoms with van der Waals surface area (Å²) in [4.78, 5) is 4.36. The fourth-order valence-corrected chi connectivity index (χ4v) is 2.37. The van der Waals surface area contributed by atoms with Gasteiger partial charge >= 0.3 is 0 Å². The van der Waals surface area contributed by atoms with Gasteiger partial charge in [-0.05, 0) is 47.3 Å². The van der Waals surface area contributed by atoms with Crippen LogP contribution < -0.4 is 11.3 Å². The molecule has 94 valence electrons. The van der Waals surface area contributed by atoms with Gasteiger partial charge in [-0.25, -0.2) is 0 Å². The Morgan fingerprint density at radius 3 is 3.06 bits per heavy atom. The summed E-state index contributed by atoms with van der Waals surface area (Å²) in [5.74, 6) is 5.59. The van der Waals surface area contributed by atoms with E-state index < -0.39 is 0 Å². The van der Waals surface area contributed by atoms with Gasteiger partial charge in [0.05, 0.1) is 6.10 Å². The highest BCUT2D eigenvalue weighted by Crippen LogP contribution is 2.18. The molecule has 2 rings (SSSR count). The fourth-order valence-electron chi connectivity index (χ4n) is 2.14. The molecule has 2 heterocycles. The lowest BCUT2D eigenvalue weighted by Crippen LogP contribution is -2.39. The van der Waals surface area contributed by atoms with Gasteiger partial charge in [0.25, 0.3) is 0 Å². The lowest BCUT2D eigenvalue weighted by atomic mass is 10.0. The van der Waals surface area contributed by atoms with E-state index in [1.54, 1.807) is 0 Å². The van der Waals surface area contributed by atoms with Crippen molar-refractivity contribution in [1.29, 1.82) is 0 Å². The fraction of sp³-hybridized carbons (Fsp3) is 0.583. The van der Waals surface area contributed by atoms with Gasteiger partial charge in [0.1, 0.15) is 0 Å². The van der Waals surface area contributed by atoms with Crippen molar-refractivity contribution in [1.82, 2.24) is 10.4 Å².